The van der Waals surface area contributed by atoms with Crippen LogP contribution in [0.3, 0.4) is 0 Å². The van der Waals surface area contributed by atoms with E-state index in [1.165, 1.54) is 5.56 Å². The highest BCUT2D eigenvalue weighted by molar-refractivity contribution is 5.43. The third-order valence-corrected chi connectivity index (χ3v) is 2.58. The minimum atomic E-state index is 0.642. The molecule has 4 heteroatoms. The number of methoxy groups -OCH3 is 1. The van der Waals surface area contributed by atoms with Crippen LogP contribution in [0.25, 0.3) is 0 Å². The molecule has 0 spiro atoms. The minimum absolute atomic E-state index is 0.642. The molecule has 0 saturated heterocycles. The molecule has 0 aliphatic rings. The fraction of sp³-hybridized carbons (Fsp3) is 0.600. The first-order chi connectivity index (χ1) is 9.31. The van der Waals surface area contributed by atoms with Crippen molar-refractivity contribution in [3.63, 3.8) is 0 Å². The van der Waals surface area contributed by atoms with E-state index in [0.29, 0.717) is 13.2 Å². The molecule has 1 aromatic rings. The summed E-state index contributed by atoms with van der Waals surface area (Å²) < 4.78 is 16.3. The van der Waals surface area contributed by atoms with Crippen LogP contribution in [-0.4, -0.2) is 33.5 Å². The summed E-state index contributed by atoms with van der Waals surface area (Å²) in [5, 5.41) is 3.31. The van der Waals surface area contributed by atoms with Crippen LogP contribution in [0.5, 0.6) is 11.5 Å². The van der Waals surface area contributed by atoms with Crippen molar-refractivity contribution in [3.8, 4) is 11.5 Å². The molecule has 1 aromatic carbocycles. The summed E-state index contributed by atoms with van der Waals surface area (Å²) in [6.07, 6.45) is 0.992. The predicted molar refractivity (Wildman–Crippen MR) is 77.0 cm³/mol. The smallest absolute Gasteiger partial charge is 0.161 e. The topological polar surface area (TPSA) is 39.7 Å². The largest absolute Gasteiger partial charge is 0.490 e. The molecule has 0 bridgehead atoms. The molecule has 0 radical (unpaired) electrons. The van der Waals surface area contributed by atoms with Crippen LogP contribution in [0.4, 0.5) is 0 Å². The maximum Gasteiger partial charge on any atom is 0.161 e. The molecule has 0 amide bonds. The summed E-state index contributed by atoms with van der Waals surface area (Å²) in [6.45, 7) is 7.79. The molecule has 0 heterocycles. The van der Waals surface area contributed by atoms with Crippen molar-refractivity contribution in [3.05, 3.63) is 23.8 Å². The minimum Gasteiger partial charge on any atom is -0.490 e. The van der Waals surface area contributed by atoms with E-state index in [1.807, 2.05) is 19.1 Å². The third kappa shape index (κ3) is 5.94. The Hall–Kier alpha value is -1.26. The van der Waals surface area contributed by atoms with Crippen LogP contribution in [0, 0.1) is 0 Å². The van der Waals surface area contributed by atoms with E-state index in [2.05, 4.69) is 18.3 Å². The van der Waals surface area contributed by atoms with Gasteiger partial charge >= 0.3 is 0 Å². The van der Waals surface area contributed by atoms with E-state index in [4.69, 9.17) is 14.2 Å². The van der Waals surface area contributed by atoms with Gasteiger partial charge in [-0.05, 0) is 31.0 Å². The highest BCUT2D eigenvalue weighted by Gasteiger charge is 2.06. The normalized spacial score (nSPS) is 10.5. The second-order valence-electron chi connectivity index (χ2n) is 4.23. The molecule has 0 atom stereocenters. The van der Waals surface area contributed by atoms with Gasteiger partial charge in [0.1, 0.15) is 0 Å². The van der Waals surface area contributed by atoms with Crippen molar-refractivity contribution < 1.29 is 14.2 Å². The SMILES string of the molecule is CCCOc1ccc(CNCCOC)cc1OCC. The lowest BCUT2D eigenvalue weighted by Gasteiger charge is -2.13. The van der Waals surface area contributed by atoms with Crippen molar-refractivity contribution in [1.82, 2.24) is 5.32 Å². The molecule has 1 rings (SSSR count). The summed E-state index contributed by atoms with van der Waals surface area (Å²) in [7, 11) is 1.70. The van der Waals surface area contributed by atoms with Crippen molar-refractivity contribution >= 4 is 0 Å². The average Bonchev–Trinajstić information content (AvgIpc) is 2.43. The number of benzene rings is 1. The Kier molecular flexibility index (Phi) is 8.02. The highest BCUT2D eigenvalue weighted by Crippen LogP contribution is 2.28. The summed E-state index contributed by atoms with van der Waals surface area (Å²) in [5.74, 6) is 1.64. The Morgan fingerprint density at radius 3 is 2.58 bits per heavy atom. The number of nitrogens with one attached hydrogen (secondary N) is 1. The zero-order valence-corrected chi connectivity index (χ0v) is 12.2. The molecule has 19 heavy (non-hydrogen) atoms. The zero-order valence-electron chi connectivity index (χ0n) is 12.2. The van der Waals surface area contributed by atoms with Gasteiger partial charge < -0.3 is 19.5 Å². The first-order valence-corrected chi connectivity index (χ1v) is 6.90. The zero-order chi connectivity index (χ0) is 13.9. The lowest BCUT2D eigenvalue weighted by atomic mass is 10.2. The van der Waals surface area contributed by atoms with Gasteiger partial charge in [-0.25, -0.2) is 0 Å². The van der Waals surface area contributed by atoms with Gasteiger partial charge in [0.25, 0.3) is 0 Å². The maximum atomic E-state index is 5.67. The highest BCUT2D eigenvalue weighted by atomic mass is 16.5. The van der Waals surface area contributed by atoms with Gasteiger partial charge in [-0.3, -0.25) is 0 Å². The lowest BCUT2D eigenvalue weighted by molar-refractivity contribution is 0.199. The molecule has 0 aliphatic heterocycles. The Morgan fingerprint density at radius 2 is 1.89 bits per heavy atom. The Bertz CT molecular complexity index is 355. The average molecular weight is 267 g/mol. The van der Waals surface area contributed by atoms with Crippen LogP contribution < -0.4 is 14.8 Å². The molecule has 0 fully saturated rings. The van der Waals surface area contributed by atoms with Crippen molar-refractivity contribution in [2.45, 2.75) is 26.8 Å². The Labute approximate surface area is 116 Å². The lowest BCUT2D eigenvalue weighted by Crippen LogP contribution is -2.18. The first kappa shape index (κ1) is 15.8. The second-order valence-corrected chi connectivity index (χ2v) is 4.23. The van der Waals surface area contributed by atoms with Gasteiger partial charge in [-0.1, -0.05) is 13.0 Å². The van der Waals surface area contributed by atoms with E-state index in [-0.39, 0.29) is 0 Å². The van der Waals surface area contributed by atoms with Crippen LogP contribution >= 0.6 is 0 Å². The fourth-order valence-corrected chi connectivity index (χ4v) is 1.67. The molecule has 4 nitrogen and oxygen atoms in total. The maximum absolute atomic E-state index is 5.67. The van der Waals surface area contributed by atoms with Gasteiger partial charge in [0.15, 0.2) is 11.5 Å². The van der Waals surface area contributed by atoms with E-state index in [9.17, 15) is 0 Å². The monoisotopic (exact) mass is 267 g/mol. The summed E-state index contributed by atoms with van der Waals surface area (Å²) in [4.78, 5) is 0. The van der Waals surface area contributed by atoms with Gasteiger partial charge in [-0.15, -0.1) is 0 Å². The van der Waals surface area contributed by atoms with Crippen molar-refractivity contribution in [2.24, 2.45) is 0 Å². The molecule has 0 aliphatic carbocycles. The standard InChI is InChI=1S/C15H25NO3/c1-4-9-19-14-7-6-13(11-15(14)18-5-2)12-16-8-10-17-3/h6-7,11,16H,4-5,8-10,12H2,1-3H3. The van der Waals surface area contributed by atoms with Crippen LogP contribution in [0.1, 0.15) is 25.8 Å². The predicted octanol–water partition coefficient (Wildman–Crippen LogP) is 2.61. The number of rotatable bonds is 10. The first-order valence-electron chi connectivity index (χ1n) is 6.90. The summed E-state index contributed by atoms with van der Waals surface area (Å²) in [6, 6.07) is 6.08. The van der Waals surface area contributed by atoms with Crippen LogP contribution in [0.15, 0.2) is 18.2 Å². The molecule has 108 valence electrons. The van der Waals surface area contributed by atoms with Crippen LogP contribution in [0.2, 0.25) is 0 Å². The molecule has 0 unspecified atom stereocenters. The van der Waals surface area contributed by atoms with E-state index in [0.717, 1.165) is 37.6 Å². The van der Waals surface area contributed by atoms with E-state index in [1.54, 1.807) is 7.11 Å². The Morgan fingerprint density at radius 1 is 1.05 bits per heavy atom. The summed E-state index contributed by atoms with van der Waals surface area (Å²) in [5.41, 5.74) is 1.18. The van der Waals surface area contributed by atoms with Crippen molar-refractivity contribution in [1.29, 1.82) is 0 Å². The number of ether oxygens (including phenoxy) is 3. The quantitative estimate of drug-likeness (QED) is 0.661. The van der Waals surface area contributed by atoms with Gasteiger partial charge in [-0.2, -0.15) is 0 Å². The Balaban J connectivity index is 2.60. The fourth-order valence-electron chi connectivity index (χ4n) is 1.67. The van der Waals surface area contributed by atoms with E-state index >= 15 is 0 Å². The molecular formula is C15H25NO3. The molecule has 0 aromatic heterocycles. The van der Waals surface area contributed by atoms with E-state index < -0.39 is 0 Å². The number of hydrogen-bond donors (Lipinski definition) is 1. The summed E-state index contributed by atoms with van der Waals surface area (Å²) >= 11 is 0. The second kappa shape index (κ2) is 9.64. The molecular weight excluding hydrogens is 242 g/mol. The van der Waals surface area contributed by atoms with Gasteiger partial charge in [0, 0.05) is 20.2 Å². The third-order valence-electron chi connectivity index (χ3n) is 2.58. The van der Waals surface area contributed by atoms with Gasteiger partial charge in [0.05, 0.1) is 19.8 Å². The van der Waals surface area contributed by atoms with Crippen molar-refractivity contribution in [2.75, 3.05) is 33.5 Å². The molecule has 1 N–H and O–H groups in total. The molecule has 0 saturated carbocycles. The van der Waals surface area contributed by atoms with Gasteiger partial charge in [0.2, 0.25) is 0 Å². The van der Waals surface area contributed by atoms with Crippen LogP contribution in [-0.2, 0) is 11.3 Å². The number of hydrogen-bond acceptors (Lipinski definition) is 4.